The Bertz CT molecular complexity index is 175. The lowest BCUT2D eigenvalue weighted by Gasteiger charge is -2.08. The molecule has 1 N–H and O–H groups in total. The molecule has 0 aliphatic carbocycles. The first kappa shape index (κ1) is 16.9. The van der Waals surface area contributed by atoms with Crippen molar-refractivity contribution in [3.8, 4) is 0 Å². The van der Waals surface area contributed by atoms with Crippen LogP contribution in [0.5, 0.6) is 0 Å². The minimum absolute atomic E-state index is 0.0705. The molecule has 0 radical (unpaired) electrons. The van der Waals surface area contributed by atoms with Gasteiger partial charge in [0, 0.05) is 18.9 Å². The third-order valence-electron chi connectivity index (χ3n) is 1.45. The van der Waals surface area contributed by atoms with Gasteiger partial charge in [0.15, 0.2) is 0 Å². The largest absolute Gasteiger partial charge is 0.441 e. The van der Waals surface area contributed by atoms with E-state index < -0.39 is 18.3 Å². The topological polar surface area (TPSA) is 21.3 Å². The normalized spacial score (nSPS) is 13.1. The Morgan fingerprint density at radius 3 is 2.18 bits per heavy atom. The third-order valence-corrected chi connectivity index (χ3v) is 2.19. The summed E-state index contributed by atoms with van der Waals surface area (Å²) < 4.78 is 74.0. The van der Waals surface area contributed by atoms with Gasteiger partial charge in [0.05, 0.1) is 0 Å². The first-order valence-corrected chi connectivity index (χ1v) is 5.75. The summed E-state index contributed by atoms with van der Waals surface area (Å²) in [5, 5.41) is 2.67. The molecule has 0 amide bonds. The van der Waals surface area contributed by atoms with Crippen LogP contribution in [0.2, 0.25) is 0 Å². The minimum Gasteiger partial charge on any atom is -0.372 e. The molecule has 0 saturated carbocycles. The number of thioether (sulfide) groups is 1. The molecular weight excluding hydrogens is 272 g/mol. The Hall–Kier alpha value is -0.150. The molecule has 0 heterocycles. The van der Waals surface area contributed by atoms with E-state index in [0.717, 1.165) is 0 Å². The van der Waals surface area contributed by atoms with Gasteiger partial charge in [-0.3, -0.25) is 0 Å². The van der Waals surface area contributed by atoms with Crippen LogP contribution in [0.3, 0.4) is 0 Å². The van der Waals surface area contributed by atoms with Crippen LogP contribution in [0.25, 0.3) is 0 Å². The van der Waals surface area contributed by atoms with Crippen molar-refractivity contribution < 1.29 is 31.1 Å². The second kappa shape index (κ2) is 8.04. The molecule has 0 saturated heterocycles. The molecule has 0 bridgehead atoms. The third kappa shape index (κ3) is 15.9. The highest BCUT2D eigenvalue weighted by atomic mass is 32.2. The number of nitrogens with one attached hydrogen (secondary N) is 1. The standard InChI is InChI=1S/C8H13F6NOS/c9-7(10,11)6-16-4-1-2-15-3-5-17-8(12,13)14/h15H,1-6H2. The molecule has 0 rings (SSSR count). The molecule has 2 nitrogen and oxygen atoms in total. The maximum Gasteiger partial charge on any atom is 0.441 e. The SMILES string of the molecule is FC(F)(F)COCCCNCCSC(F)(F)F. The van der Waals surface area contributed by atoms with Gasteiger partial charge < -0.3 is 10.1 Å². The highest BCUT2D eigenvalue weighted by Gasteiger charge is 2.27. The van der Waals surface area contributed by atoms with Crippen LogP contribution >= 0.6 is 11.8 Å². The molecule has 0 unspecified atom stereocenters. The predicted octanol–water partition coefficient (Wildman–Crippen LogP) is 2.80. The predicted molar refractivity (Wildman–Crippen MR) is 52.9 cm³/mol. The van der Waals surface area contributed by atoms with Crippen molar-refractivity contribution >= 4 is 11.8 Å². The van der Waals surface area contributed by atoms with E-state index in [1.807, 2.05) is 0 Å². The molecular formula is C8H13F6NOS. The highest BCUT2D eigenvalue weighted by Crippen LogP contribution is 2.29. The number of halogens is 6. The highest BCUT2D eigenvalue weighted by molar-refractivity contribution is 8.00. The first-order chi connectivity index (χ1) is 7.71. The van der Waals surface area contributed by atoms with Gasteiger partial charge in [0.2, 0.25) is 0 Å². The average molecular weight is 285 g/mol. The Morgan fingerprint density at radius 1 is 1.00 bits per heavy atom. The zero-order chi connectivity index (χ0) is 13.4. The molecule has 0 aromatic carbocycles. The summed E-state index contributed by atoms with van der Waals surface area (Å²) in [5.74, 6) is -0.118. The number of hydrogen-bond donors (Lipinski definition) is 1. The van der Waals surface area contributed by atoms with Crippen molar-refractivity contribution in [1.29, 1.82) is 0 Å². The fraction of sp³-hybridized carbons (Fsp3) is 1.00. The van der Waals surface area contributed by atoms with Crippen LogP contribution in [-0.2, 0) is 4.74 Å². The maximum absolute atomic E-state index is 11.7. The summed E-state index contributed by atoms with van der Waals surface area (Å²) in [6, 6.07) is 0. The van der Waals surface area contributed by atoms with Crippen molar-refractivity contribution in [2.75, 3.05) is 32.1 Å². The van der Waals surface area contributed by atoms with E-state index in [1.54, 1.807) is 0 Å². The summed E-state index contributed by atoms with van der Waals surface area (Å²) in [7, 11) is 0. The van der Waals surface area contributed by atoms with E-state index in [1.165, 1.54) is 0 Å². The molecule has 17 heavy (non-hydrogen) atoms. The van der Waals surface area contributed by atoms with Crippen LogP contribution in [0.4, 0.5) is 26.3 Å². The Kier molecular flexibility index (Phi) is 7.97. The van der Waals surface area contributed by atoms with E-state index in [0.29, 0.717) is 13.0 Å². The fourth-order valence-corrected chi connectivity index (χ4v) is 1.33. The Balaban J connectivity index is 3.15. The summed E-state index contributed by atoms with van der Waals surface area (Å²) >= 11 is -0.137. The molecule has 104 valence electrons. The van der Waals surface area contributed by atoms with E-state index in [9.17, 15) is 26.3 Å². The van der Waals surface area contributed by atoms with Crippen molar-refractivity contribution in [1.82, 2.24) is 5.32 Å². The summed E-state index contributed by atoms with van der Waals surface area (Å²) in [4.78, 5) is 0. The van der Waals surface area contributed by atoms with Crippen molar-refractivity contribution in [2.45, 2.75) is 18.1 Å². The summed E-state index contributed by atoms with van der Waals surface area (Å²) in [6.45, 7) is -0.879. The molecule has 9 heteroatoms. The van der Waals surface area contributed by atoms with Crippen LogP contribution in [-0.4, -0.2) is 43.7 Å². The van der Waals surface area contributed by atoms with Gasteiger partial charge in [-0.2, -0.15) is 26.3 Å². The lowest BCUT2D eigenvalue weighted by molar-refractivity contribution is -0.173. The van der Waals surface area contributed by atoms with Crippen molar-refractivity contribution in [2.24, 2.45) is 0 Å². The van der Waals surface area contributed by atoms with E-state index in [-0.39, 0.29) is 30.7 Å². The van der Waals surface area contributed by atoms with Gasteiger partial charge in [-0.1, -0.05) is 0 Å². The molecule has 0 atom stereocenters. The monoisotopic (exact) mass is 285 g/mol. The number of ether oxygens (including phenoxy) is 1. The van der Waals surface area contributed by atoms with Gasteiger partial charge in [0.25, 0.3) is 0 Å². The molecule has 0 fully saturated rings. The minimum atomic E-state index is -4.34. The second-order valence-corrected chi connectivity index (χ2v) is 4.23. The van der Waals surface area contributed by atoms with Crippen molar-refractivity contribution in [3.05, 3.63) is 0 Å². The molecule has 0 aromatic heterocycles. The van der Waals surface area contributed by atoms with Gasteiger partial charge in [-0.25, -0.2) is 0 Å². The maximum atomic E-state index is 11.7. The van der Waals surface area contributed by atoms with Crippen LogP contribution in [0.1, 0.15) is 6.42 Å². The van der Waals surface area contributed by atoms with Crippen LogP contribution in [0, 0.1) is 0 Å². The fourth-order valence-electron chi connectivity index (χ4n) is 0.851. The quantitative estimate of drug-likeness (QED) is 0.547. The molecule has 0 aromatic rings. The first-order valence-electron chi connectivity index (χ1n) is 4.76. The number of alkyl halides is 6. The van der Waals surface area contributed by atoms with E-state index >= 15 is 0 Å². The lowest BCUT2D eigenvalue weighted by Crippen LogP contribution is -2.22. The zero-order valence-corrected chi connectivity index (χ0v) is 9.64. The van der Waals surface area contributed by atoms with E-state index in [4.69, 9.17) is 0 Å². The van der Waals surface area contributed by atoms with Crippen LogP contribution in [0.15, 0.2) is 0 Å². The lowest BCUT2D eigenvalue weighted by atomic mass is 10.4. The average Bonchev–Trinajstić information content (AvgIpc) is 2.11. The van der Waals surface area contributed by atoms with Crippen LogP contribution < -0.4 is 5.32 Å². The van der Waals surface area contributed by atoms with Crippen molar-refractivity contribution in [3.63, 3.8) is 0 Å². The number of rotatable bonds is 8. The Labute approximate surface area is 99.1 Å². The molecule has 0 aliphatic rings. The molecule has 0 spiro atoms. The van der Waals surface area contributed by atoms with Gasteiger partial charge in [0.1, 0.15) is 6.61 Å². The van der Waals surface area contributed by atoms with Gasteiger partial charge >= 0.3 is 11.7 Å². The zero-order valence-electron chi connectivity index (χ0n) is 8.83. The Morgan fingerprint density at radius 2 is 1.65 bits per heavy atom. The van der Waals surface area contributed by atoms with E-state index in [2.05, 4.69) is 10.1 Å². The molecule has 0 aliphatic heterocycles. The van der Waals surface area contributed by atoms with Gasteiger partial charge in [-0.05, 0) is 24.7 Å². The summed E-state index contributed by atoms with van der Waals surface area (Å²) in [5.41, 5.74) is -4.24. The summed E-state index contributed by atoms with van der Waals surface area (Å²) in [6.07, 6.45) is -4.01. The smallest absolute Gasteiger partial charge is 0.372 e. The number of hydrogen-bond acceptors (Lipinski definition) is 3. The second-order valence-electron chi connectivity index (χ2n) is 3.07. The van der Waals surface area contributed by atoms with Gasteiger partial charge in [-0.15, -0.1) is 0 Å².